The number of benzene rings is 1. The number of rotatable bonds is 2. The van der Waals surface area contributed by atoms with E-state index in [2.05, 4.69) is 23.3 Å². The number of hydrogen-bond acceptors (Lipinski definition) is 2. The second-order valence-electron chi connectivity index (χ2n) is 4.83. The molecule has 3 nitrogen and oxygen atoms in total. The zero-order valence-electron chi connectivity index (χ0n) is 10.3. The largest absolute Gasteiger partial charge is 0.272 e. The summed E-state index contributed by atoms with van der Waals surface area (Å²) in [5.41, 5.74) is 3.97. The van der Waals surface area contributed by atoms with Gasteiger partial charge in [0.05, 0.1) is 6.42 Å². The highest BCUT2D eigenvalue weighted by molar-refractivity contribution is 5.80. The fourth-order valence-electron chi connectivity index (χ4n) is 2.57. The molecule has 92 valence electrons. The van der Waals surface area contributed by atoms with Crippen LogP contribution in [-0.4, -0.2) is 15.7 Å². The molecule has 1 heterocycles. The second-order valence-corrected chi connectivity index (χ2v) is 4.83. The number of aryl methyl sites for hydroxylation is 2. The minimum Gasteiger partial charge on any atom is -0.272 e. The first-order valence-electron chi connectivity index (χ1n) is 6.46. The van der Waals surface area contributed by atoms with Crippen LogP contribution in [0.15, 0.2) is 36.7 Å². The summed E-state index contributed by atoms with van der Waals surface area (Å²) >= 11 is 0. The van der Waals surface area contributed by atoms with E-state index in [1.807, 2.05) is 0 Å². The van der Waals surface area contributed by atoms with E-state index in [0.717, 1.165) is 12.0 Å². The van der Waals surface area contributed by atoms with Crippen LogP contribution in [-0.2, 0) is 19.3 Å². The Kier molecular flexibility index (Phi) is 2.97. The van der Waals surface area contributed by atoms with Crippen LogP contribution in [0, 0.1) is 0 Å². The summed E-state index contributed by atoms with van der Waals surface area (Å²) in [5.74, 6) is 0.0239. The van der Waals surface area contributed by atoms with Gasteiger partial charge in [-0.2, -0.15) is 5.10 Å². The minimum atomic E-state index is 0.0239. The van der Waals surface area contributed by atoms with Crippen LogP contribution in [0.1, 0.15) is 34.3 Å². The normalized spacial score (nSPS) is 14.2. The molecule has 0 saturated carbocycles. The third kappa shape index (κ3) is 2.21. The van der Waals surface area contributed by atoms with E-state index in [1.165, 1.54) is 35.1 Å². The Labute approximate surface area is 106 Å². The van der Waals surface area contributed by atoms with Gasteiger partial charge in [0.25, 0.3) is 5.91 Å². The fraction of sp³-hybridized carbons (Fsp3) is 0.333. The highest BCUT2D eigenvalue weighted by Crippen LogP contribution is 2.22. The van der Waals surface area contributed by atoms with Crippen molar-refractivity contribution >= 4 is 5.91 Å². The van der Waals surface area contributed by atoms with Gasteiger partial charge in [0.1, 0.15) is 0 Å². The molecule has 0 atom stereocenters. The van der Waals surface area contributed by atoms with Crippen molar-refractivity contribution in [1.29, 1.82) is 0 Å². The zero-order valence-corrected chi connectivity index (χ0v) is 10.3. The molecule has 0 spiro atoms. The van der Waals surface area contributed by atoms with Crippen molar-refractivity contribution in [1.82, 2.24) is 9.78 Å². The Morgan fingerprint density at radius 1 is 1.22 bits per heavy atom. The van der Waals surface area contributed by atoms with Crippen LogP contribution >= 0.6 is 0 Å². The van der Waals surface area contributed by atoms with Crippen molar-refractivity contribution in [2.45, 2.75) is 32.1 Å². The molecule has 0 saturated heterocycles. The molecule has 0 aliphatic heterocycles. The minimum absolute atomic E-state index is 0.0239. The molecule has 3 heteroatoms. The Bertz CT molecular complexity index is 558. The standard InChI is InChI=1S/C15H16N2O/c18-15(17-9-3-8-16-17)11-12-6-7-13-4-1-2-5-14(13)10-12/h3,6-10H,1-2,4-5,11H2. The fourth-order valence-corrected chi connectivity index (χ4v) is 2.57. The summed E-state index contributed by atoms with van der Waals surface area (Å²) in [4.78, 5) is 11.9. The third-order valence-corrected chi connectivity index (χ3v) is 3.53. The van der Waals surface area contributed by atoms with E-state index in [-0.39, 0.29) is 5.91 Å². The Balaban J connectivity index is 1.79. The molecule has 1 aliphatic rings. The summed E-state index contributed by atoms with van der Waals surface area (Å²) in [6.07, 6.45) is 8.64. The second kappa shape index (κ2) is 4.77. The van der Waals surface area contributed by atoms with Crippen LogP contribution < -0.4 is 0 Å². The van der Waals surface area contributed by atoms with E-state index in [1.54, 1.807) is 18.5 Å². The van der Waals surface area contributed by atoms with E-state index < -0.39 is 0 Å². The van der Waals surface area contributed by atoms with Gasteiger partial charge in [-0.05, 0) is 48.4 Å². The van der Waals surface area contributed by atoms with E-state index in [0.29, 0.717) is 6.42 Å². The predicted octanol–water partition coefficient (Wildman–Crippen LogP) is 2.64. The SMILES string of the molecule is O=C(Cc1ccc2c(c1)CCCC2)n1cccn1. The van der Waals surface area contributed by atoms with E-state index >= 15 is 0 Å². The van der Waals surface area contributed by atoms with Crippen molar-refractivity contribution < 1.29 is 4.79 Å². The number of carbonyl (C=O) groups excluding carboxylic acids is 1. The van der Waals surface area contributed by atoms with Crippen molar-refractivity contribution in [2.75, 3.05) is 0 Å². The van der Waals surface area contributed by atoms with Gasteiger partial charge in [-0.25, -0.2) is 4.68 Å². The van der Waals surface area contributed by atoms with Crippen LogP contribution in [0.4, 0.5) is 0 Å². The molecule has 0 N–H and O–H groups in total. The maximum atomic E-state index is 11.9. The Hall–Kier alpha value is -1.90. The molecular formula is C15H16N2O. The molecule has 0 radical (unpaired) electrons. The smallest absolute Gasteiger partial charge is 0.251 e. The van der Waals surface area contributed by atoms with Crippen LogP contribution in [0.25, 0.3) is 0 Å². The Morgan fingerprint density at radius 2 is 2.06 bits per heavy atom. The average Bonchev–Trinajstić information content (AvgIpc) is 2.92. The van der Waals surface area contributed by atoms with E-state index in [9.17, 15) is 4.79 Å². The van der Waals surface area contributed by atoms with Crippen molar-refractivity contribution in [3.8, 4) is 0 Å². The van der Waals surface area contributed by atoms with Gasteiger partial charge in [0.15, 0.2) is 0 Å². The highest BCUT2D eigenvalue weighted by Gasteiger charge is 2.11. The topological polar surface area (TPSA) is 34.9 Å². The first-order valence-corrected chi connectivity index (χ1v) is 6.46. The van der Waals surface area contributed by atoms with E-state index in [4.69, 9.17) is 0 Å². The van der Waals surface area contributed by atoms with Gasteiger partial charge in [-0.3, -0.25) is 4.79 Å². The van der Waals surface area contributed by atoms with Gasteiger partial charge in [-0.15, -0.1) is 0 Å². The van der Waals surface area contributed by atoms with Gasteiger partial charge < -0.3 is 0 Å². The molecule has 0 unspecified atom stereocenters. The predicted molar refractivity (Wildman–Crippen MR) is 69.6 cm³/mol. The lowest BCUT2D eigenvalue weighted by atomic mass is 9.90. The van der Waals surface area contributed by atoms with Gasteiger partial charge in [0.2, 0.25) is 0 Å². The number of hydrogen-bond donors (Lipinski definition) is 0. The van der Waals surface area contributed by atoms with Crippen LogP contribution in [0.3, 0.4) is 0 Å². The summed E-state index contributed by atoms with van der Waals surface area (Å²) in [6.45, 7) is 0. The summed E-state index contributed by atoms with van der Waals surface area (Å²) < 4.78 is 1.40. The van der Waals surface area contributed by atoms with Crippen molar-refractivity contribution in [3.63, 3.8) is 0 Å². The Morgan fingerprint density at radius 3 is 2.83 bits per heavy atom. The van der Waals surface area contributed by atoms with Crippen molar-refractivity contribution in [3.05, 3.63) is 53.3 Å². The molecule has 1 aromatic carbocycles. The van der Waals surface area contributed by atoms with Gasteiger partial charge in [-0.1, -0.05) is 18.2 Å². The summed E-state index contributed by atoms with van der Waals surface area (Å²) in [7, 11) is 0. The molecule has 0 fully saturated rings. The molecule has 1 aliphatic carbocycles. The molecule has 1 aromatic heterocycles. The average molecular weight is 240 g/mol. The monoisotopic (exact) mass is 240 g/mol. The van der Waals surface area contributed by atoms with Gasteiger partial charge >= 0.3 is 0 Å². The maximum absolute atomic E-state index is 11.9. The summed E-state index contributed by atoms with van der Waals surface area (Å²) in [5, 5.41) is 3.97. The molecule has 0 bridgehead atoms. The number of aromatic nitrogens is 2. The molecule has 3 rings (SSSR count). The zero-order chi connectivity index (χ0) is 12.4. The van der Waals surface area contributed by atoms with Gasteiger partial charge in [0, 0.05) is 12.4 Å². The lowest BCUT2D eigenvalue weighted by Gasteiger charge is -2.16. The molecule has 0 amide bonds. The van der Waals surface area contributed by atoms with Crippen LogP contribution in [0.5, 0.6) is 0 Å². The molecule has 2 aromatic rings. The number of nitrogens with zero attached hydrogens (tertiary/aromatic N) is 2. The third-order valence-electron chi connectivity index (χ3n) is 3.53. The quantitative estimate of drug-likeness (QED) is 0.808. The number of carbonyl (C=O) groups is 1. The highest BCUT2D eigenvalue weighted by atomic mass is 16.2. The first kappa shape index (κ1) is 11.2. The maximum Gasteiger partial charge on any atom is 0.251 e. The lowest BCUT2D eigenvalue weighted by molar-refractivity contribution is 0.0898. The first-order chi connectivity index (χ1) is 8.83. The number of fused-ring (bicyclic) bond motifs is 1. The molecule has 18 heavy (non-hydrogen) atoms. The lowest BCUT2D eigenvalue weighted by Crippen LogP contribution is -2.14. The molecular weight excluding hydrogens is 224 g/mol. The summed E-state index contributed by atoms with van der Waals surface area (Å²) in [6, 6.07) is 8.21. The van der Waals surface area contributed by atoms with Crippen molar-refractivity contribution in [2.24, 2.45) is 0 Å². The van der Waals surface area contributed by atoms with Crippen LogP contribution in [0.2, 0.25) is 0 Å².